The third-order valence-electron chi connectivity index (χ3n) is 3.65. The molecule has 0 spiro atoms. The Bertz CT molecular complexity index is 623. The summed E-state index contributed by atoms with van der Waals surface area (Å²) in [6.07, 6.45) is 3.54. The molecule has 0 aliphatic carbocycles. The summed E-state index contributed by atoms with van der Waals surface area (Å²) in [7, 11) is 0. The second-order valence-electron chi connectivity index (χ2n) is 5.18. The van der Waals surface area contributed by atoms with Gasteiger partial charge in [0.2, 0.25) is 0 Å². The van der Waals surface area contributed by atoms with E-state index in [0.29, 0.717) is 11.3 Å². The number of carbonyl (C=O) groups excluding carboxylic acids is 1. The van der Waals surface area contributed by atoms with Gasteiger partial charge >= 0.3 is 0 Å². The van der Waals surface area contributed by atoms with Crippen LogP contribution >= 0.6 is 12.4 Å². The van der Waals surface area contributed by atoms with Crippen molar-refractivity contribution in [1.29, 1.82) is 0 Å². The number of H-pyrrole nitrogens is 1. The van der Waals surface area contributed by atoms with Crippen molar-refractivity contribution in [3.05, 3.63) is 41.8 Å². The van der Waals surface area contributed by atoms with E-state index in [-0.39, 0.29) is 30.2 Å². The third kappa shape index (κ3) is 3.64. The first-order chi connectivity index (χ1) is 10.2. The Hall–Kier alpha value is -1.92. The normalized spacial score (nSPS) is 17.6. The Balaban J connectivity index is 0.00000176. The van der Waals surface area contributed by atoms with Gasteiger partial charge in [0.15, 0.2) is 0 Å². The lowest BCUT2D eigenvalue weighted by atomic mass is 10.1. The van der Waals surface area contributed by atoms with Crippen molar-refractivity contribution >= 4 is 18.3 Å². The topological polar surface area (TPSA) is 69.8 Å². The molecule has 0 radical (unpaired) electrons. The monoisotopic (exact) mass is 324 g/mol. The molecule has 1 amide bonds. The summed E-state index contributed by atoms with van der Waals surface area (Å²) in [6.45, 7) is 1.79. The van der Waals surface area contributed by atoms with Gasteiger partial charge in [0, 0.05) is 18.2 Å². The molecule has 5 nitrogen and oxygen atoms in total. The van der Waals surface area contributed by atoms with Gasteiger partial charge in [-0.15, -0.1) is 12.4 Å². The fourth-order valence-electron chi connectivity index (χ4n) is 2.53. The zero-order chi connectivity index (χ0) is 14.7. The Morgan fingerprint density at radius 2 is 2.09 bits per heavy atom. The molecule has 2 heterocycles. The number of aromatic amines is 1. The standard InChI is InChI=1S/C15H17FN4O.ClH/c16-11-5-3-10(4-6-11)14-13(9-18-20-14)15(21)19-12-2-1-7-17-8-12;/h3-6,9,12,17H,1-2,7-8H2,(H,18,20)(H,19,21);1H. The van der Waals surface area contributed by atoms with E-state index < -0.39 is 0 Å². The van der Waals surface area contributed by atoms with Crippen LogP contribution in [0.25, 0.3) is 11.3 Å². The smallest absolute Gasteiger partial charge is 0.255 e. The summed E-state index contributed by atoms with van der Waals surface area (Å²) < 4.78 is 13.0. The van der Waals surface area contributed by atoms with Crippen LogP contribution in [0.15, 0.2) is 30.5 Å². The molecule has 1 aliphatic heterocycles. The van der Waals surface area contributed by atoms with Gasteiger partial charge in [-0.25, -0.2) is 4.39 Å². The average Bonchev–Trinajstić information content (AvgIpc) is 2.98. The summed E-state index contributed by atoms with van der Waals surface area (Å²) in [4.78, 5) is 12.4. The van der Waals surface area contributed by atoms with Crippen LogP contribution in [0.4, 0.5) is 4.39 Å². The number of halogens is 2. The highest BCUT2D eigenvalue weighted by molar-refractivity contribution is 5.99. The molecule has 1 aromatic heterocycles. The van der Waals surface area contributed by atoms with Gasteiger partial charge in [0.05, 0.1) is 17.5 Å². The molecule has 7 heteroatoms. The zero-order valence-corrected chi connectivity index (χ0v) is 12.8. The predicted octanol–water partition coefficient (Wildman–Crippen LogP) is 2.12. The average molecular weight is 325 g/mol. The van der Waals surface area contributed by atoms with Gasteiger partial charge in [-0.2, -0.15) is 5.10 Å². The number of piperidine rings is 1. The first-order valence-corrected chi connectivity index (χ1v) is 7.05. The lowest BCUT2D eigenvalue weighted by molar-refractivity contribution is 0.0931. The van der Waals surface area contributed by atoms with Crippen LogP contribution in [0, 0.1) is 5.82 Å². The maximum absolute atomic E-state index is 13.0. The maximum Gasteiger partial charge on any atom is 0.255 e. The highest BCUT2D eigenvalue weighted by atomic mass is 35.5. The van der Waals surface area contributed by atoms with Crippen molar-refractivity contribution in [1.82, 2.24) is 20.8 Å². The van der Waals surface area contributed by atoms with E-state index in [1.165, 1.54) is 18.3 Å². The summed E-state index contributed by atoms with van der Waals surface area (Å²) in [5.41, 5.74) is 1.82. The van der Waals surface area contributed by atoms with Crippen LogP contribution in [-0.2, 0) is 0 Å². The minimum absolute atomic E-state index is 0. The number of aromatic nitrogens is 2. The number of nitrogens with zero attached hydrogens (tertiary/aromatic N) is 1. The number of carbonyl (C=O) groups is 1. The lowest BCUT2D eigenvalue weighted by Crippen LogP contribution is -2.45. The van der Waals surface area contributed by atoms with Crippen LogP contribution in [0.3, 0.4) is 0 Å². The fraction of sp³-hybridized carbons (Fsp3) is 0.333. The van der Waals surface area contributed by atoms with Crippen molar-refractivity contribution < 1.29 is 9.18 Å². The summed E-state index contributed by atoms with van der Waals surface area (Å²) in [6, 6.07) is 6.12. The number of rotatable bonds is 3. The molecule has 2 aromatic rings. The second-order valence-corrected chi connectivity index (χ2v) is 5.18. The molecule has 3 rings (SSSR count). The highest BCUT2D eigenvalue weighted by Gasteiger charge is 2.20. The molecular weight excluding hydrogens is 307 g/mol. The van der Waals surface area contributed by atoms with E-state index in [1.54, 1.807) is 12.1 Å². The maximum atomic E-state index is 13.0. The number of benzene rings is 1. The van der Waals surface area contributed by atoms with Crippen molar-refractivity contribution in [2.24, 2.45) is 0 Å². The van der Waals surface area contributed by atoms with E-state index in [0.717, 1.165) is 31.5 Å². The Morgan fingerprint density at radius 3 is 2.77 bits per heavy atom. The number of amides is 1. The molecule has 1 unspecified atom stereocenters. The summed E-state index contributed by atoms with van der Waals surface area (Å²) in [5.74, 6) is -0.464. The Labute approximate surface area is 134 Å². The van der Waals surface area contributed by atoms with Crippen LogP contribution in [-0.4, -0.2) is 35.2 Å². The van der Waals surface area contributed by atoms with Gasteiger partial charge in [-0.3, -0.25) is 9.89 Å². The van der Waals surface area contributed by atoms with Crippen molar-refractivity contribution in [3.63, 3.8) is 0 Å². The molecule has 0 saturated carbocycles. The van der Waals surface area contributed by atoms with Crippen LogP contribution in [0.2, 0.25) is 0 Å². The first-order valence-electron chi connectivity index (χ1n) is 7.05. The molecular formula is C15H18ClFN4O. The zero-order valence-electron chi connectivity index (χ0n) is 11.9. The van der Waals surface area contributed by atoms with E-state index in [9.17, 15) is 9.18 Å². The minimum atomic E-state index is -0.308. The molecule has 3 N–H and O–H groups in total. The summed E-state index contributed by atoms with van der Waals surface area (Å²) in [5, 5.41) is 13.0. The highest BCUT2D eigenvalue weighted by Crippen LogP contribution is 2.21. The number of hydrogen-bond acceptors (Lipinski definition) is 3. The van der Waals surface area contributed by atoms with Gasteiger partial charge in [-0.05, 0) is 43.7 Å². The molecule has 1 fully saturated rings. The molecule has 22 heavy (non-hydrogen) atoms. The second kappa shape index (κ2) is 7.38. The van der Waals surface area contributed by atoms with E-state index in [1.807, 2.05) is 0 Å². The molecule has 118 valence electrons. The Kier molecular flexibility index (Phi) is 5.51. The molecule has 1 atom stereocenters. The number of nitrogens with one attached hydrogen (secondary N) is 3. The van der Waals surface area contributed by atoms with E-state index >= 15 is 0 Å². The van der Waals surface area contributed by atoms with E-state index in [2.05, 4.69) is 20.8 Å². The van der Waals surface area contributed by atoms with Crippen molar-refractivity contribution in [2.75, 3.05) is 13.1 Å². The van der Waals surface area contributed by atoms with Crippen molar-refractivity contribution in [3.8, 4) is 11.3 Å². The molecule has 0 bridgehead atoms. The van der Waals surface area contributed by atoms with E-state index in [4.69, 9.17) is 0 Å². The largest absolute Gasteiger partial charge is 0.348 e. The van der Waals surface area contributed by atoms with Gasteiger partial charge in [0.25, 0.3) is 5.91 Å². The van der Waals surface area contributed by atoms with Crippen LogP contribution in [0.1, 0.15) is 23.2 Å². The van der Waals surface area contributed by atoms with Crippen LogP contribution in [0.5, 0.6) is 0 Å². The van der Waals surface area contributed by atoms with Gasteiger partial charge < -0.3 is 10.6 Å². The number of hydrogen-bond donors (Lipinski definition) is 3. The predicted molar refractivity (Wildman–Crippen MR) is 84.6 cm³/mol. The van der Waals surface area contributed by atoms with Crippen LogP contribution < -0.4 is 10.6 Å². The minimum Gasteiger partial charge on any atom is -0.348 e. The van der Waals surface area contributed by atoms with Gasteiger partial charge in [0.1, 0.15) is 5.82 Å². The molecule has 1 saturated heterocycles. The first kappa shape index (κ1) is 16.5. The third-order valence-corrected chi connectivity index (χ3v) is 3.65. The summed E-state index contributed by atoms with van der Waals surface area (Å²) >= 11 is 0. The quantitative estimate of drug-likeness (QED) is 0.810. The lowest BCUT2D eigenvalue weighted by Gasteiger charge is -2.23. The SMILES string of the molecule is Cl.O=C(NC1CCCNC1)c1cn[nH]c1-c1ccc(F)cc1. The van der Waals surface area contributed by atoms with Crippen molar-refractivity contribution in [2.45, 2.75) is 18.9 Å². The molecule has 1 aromatic carbocycles. The fourth-order valence-corrected chi connectivity index (χ4v) is 2.53. The van der Waals surface area contributed by atoms with Gasteiger partial charge in [-0.1, -0.05) is 0 Å². The molecule has 1 aliphatic rings. The Morgan fingerprint density at radius 1 is 1.32 bits per heavy atom.